The smallest absolute Gasteiger partial charge is 0.245 e. The van der Waals surface area contributed by atoms with Gasteiger partial charge in [0.2, 0.25) is 11.1 Å². The fraction of sp³-hybridized carbons (Fsp3) is 0.733. The van der Waals surface area contributed by atoms with E-state index in [4.69, 9.17) is 11.6 Å². The predicted molar refractivity (Wildman–Crippen MR) is 183 cm³/mol. The molecule has 2 fully saturated rings. The van der Waals surface area contributed by atoms with E-state index in [2.05, 4.69) is 107 Å². The van der Waals surface area contributed by atoms with Crippen LogP contribution in [0.3, 0.4) is 0 Å². The number of carbonyl (C=O) groups excluding carboxylic acids is 2. The van der Waals surface area contributed by atoms with E-state index in [1.165, 1.54) is 63.3 Å². The molecule has 5 rings (SSSR count). The Kier molecular flexibility index (Phi) is 15.7. The molecule has 0 aromatic carbocycles. The average Bonchev–Trinajstić information content (AvgIpc) is 3.89. The molecule has 0 bridgehead atoms. The van der Waals surface area contributed by atoms with E-state index < -0.39 is 0 Å². The van der Waals surface area contributed by atoms with Crippen molar-refractivity contribution in [3.8, 4) is 0 Å². The summed E-state index contributed by atoms with van der Waals surface area (Å²) in [6, 6.07) is -0.108. The number of hydrogen-bond donors (Lipinski definition) is 0. The Morgan fingerprint density at radius 2 is 1.45 bits per heavy atom. The number of carbonyl (C=O) groups is 2. The fourth-order valence-electron chi connectivity index (χ4n) is 4.79. The Labute approximate surface area is 282 Å². The number of aromatic nitrogens is 4. The molecule has 8 nitrogen and oxygen atoms in total. The summed E-state index contributed by atoms with van der Waals surface area (Å²) in [7, 11) is 3.98. The first kappa shape index (κ1) is 37.4. The molecule has 2 aromatic heterocycles. The van der Waals surface area contributed by atoms with Crippen LogP contribution in [0.4, 0.5) is 0 Å². The van der Waals surface area contributed by atoms with E-state index in [9.17, 15) is 9.59 Å². The number of likely N-dealkylation sites (N-methyl/N-ethyl adjacent to an activating group) is 1. The second kappa shape index (κ2) is 17.7. The third-order valence-corrected chi connectivity index (χ3v) is 10.00. The minimum atomic E-state index is -0.352. The van der Waals surface area contributed by atoms with Gasteiger partial charge in [-0.15, -0.1) is 0 Å². The lowest BCUT2D eigenvalue weighted by molar-refractivity contribution is -0.135. The molecule has 0 N–H and O–H groups in total. The lowest BCUT2D eigenvalue weighted by Gasteiger charge is -2.30. The molecule has 3 heterocycles. The number of nitrogens with zero attached hydrogens (tertiary/aromatic N) is 6. The SMILES string of the molecule is CC(Br)C(=O)Cl.CC1C(=O)N(C)Cc2c(Br)nc(C3CC3)n21.CCCc1c(Br)nc(C2CC2)n1C.CCN(CC)CC. The first-order chi connectivity index (χ1) is 19.8. The van der Waals surface area contributed by atoms with Gasteiger partial charge in [0.1, 0.15) is 26.9 Å². The topological polar surface area (TPSA) is 76.3 Å². The summed E-state index contributed by atoms with van der Waals surface area (Å²) < 4.78 is 6.36. The molecular weight excluding hydrogens is 752 g/mol. The maximum atomic E-state index is 12.0. The van der Waals surface area contributed by atoms with E-state index in [1.54, 1.807) is 11.8 Å². The third kappa shape index (κ3) is 10.4. The Balaban J connectivity index is 0.000000213. The van der Waals surface area contributed by atoms with Gasteiger partial charge in [-0.25, -0.2) is 9.97 Å². The largest absolute Gasteiger partial charge is 0.338 e. The highest BCUT2D eigenvalue weighted by atomic mass is 79.9. The van der Waals surface area contributed by atoms with E-state index in [-0.39, 0.29) is 22.0 Å². The van der Waals surface area contributed by atoms with Gasteiger partial charge in [-0.1, -0.05) is 50.0 Å². The number of amides is 1. The second-order valence-electron chi connectivity index (χ2n) is 11.1. The van der Waals surface area contributed by atoms with E-state index in [0.717, 1.165) is 33.1 Å². The van der Waals surface area contributed by atoms with Crippen molar-refractivity contribution in [2.45, 2.75) is 109 Å². The Bertz CT molecular complexity index is 1170. The third-order valence-electron chi connectivity index (χ3n) is 7.72. The van der Waals surface area contributed by atoms with Gasteiger partial charge in [0.15, 0.2) is 0 Å². The molecule has 2 aromatic rings. The molecule has 238 valence electrons. The molecule has 0 radical (unpaired) electrons. The van der Waals surface area contributed by atoms with Gasteiger partial charge in [0.25, 0.3) is 0 Å². The van der Waals surface area contributed by atoms with Gasteiger partial charge in [-0.05, 0) is 109 Å². The molecule has 2 aliphatic carbocycles. The normalized spacial score (nSPS) is 18.3. The zero-order valence-corrected chi connectivity index (χ0v) is 31.9. The number of alkyl halides is 1. The molecular formula is C30H48Br3ClN6O2. The fourth-order valence-corrected chi connectivity index (χ4v) is 5.94. The minimum absolute atomic E-state index is 0.108. The highest BCUT2D eigenvalue weighted by Crippen LogP contribution is 2.43. The summed E-state index contributed by atoms with van der Waals surface area (Å²) in [4.78, 5) is 34.9. The van der Waals surface area contributed by atoms with Crippen molar-refractivity contribution in [1.29, 1.82) is 0 Å². The van der Waals surface area contributed by atoms with Crippen LogP contribution in [0.25, 0.3) is 0 Å². The van der Waals surface area contributed by atoms with E-state index in [1.807, 2.05) is 14.0 Å². The van der Waals surface area contributed by atoms with Crippen LogP contribution in [-0.4, -0.2) is 71.6 Å². The molecule has 2 unspecified atom stereocenters. The van der Waals surface area contributed by atoms with Gasteiger partial charge in [-0.3, -0.25) is 9.59 Å². The first-order valence-electron chi connectivity index (χ1n) is 15.1. The van der Waals surface area contributed by atoms with Crippen LogP contribution in [-0.2, 0) is 29.6 Å². The van der Waals surface area contributed by atoms with Crippen molar-refractivity contribution < 1.29 is 9.59 Å². The lowest BCUT2D eigenvalue weighted by Crippen LogP contribution is -2.39. The van der Waals surface area contributed by atoms with Crippen LogP contribution in [0, 0.1) is 0 Å². The summed E-state index contributed by atoms with van der Waals surface area (Å²) in [6.45, 7) is 16.6. The summed E-state index contributed by atoms with van der Waals surface area (Å²) in [6.07, 6.45) is 7.37. The van der Waals surface area contributed by atoms with Crippen molar-refractivity contribution >= 4 is 70.5 Å². The maximum absolute atomic E-state index is 12.0. The monoisotopic (exact) mass is 796 g/mol. The standard InChI is InChI=1S/C11H14BrN3O.C10H15BrN2.C6H15N.C3H4BrClO/c1-6-11(16)14(2)5-8-9(12)13-10(15(6)8)7-3-4-7;1-3-4-8-9(11)12-10(13(8)2)7-5-6-7;1-4-7(5-2)6-3;1-2(4)3(5)6/h6-7H,3-5H2,1-2H3;7H,3-6H2,1-2H3;4-6H2,1-3H3;2H,1H3. The van der Waals surface area contributed by atoms with Gasteiger partial charge in [-0.2, -0.15) is 0 Å². The highest BCUT2D eigenvalue weighted by Gasteiger charge is 2.37. The summed E-state index contributed by atoms with van der Waals surface area (Å²) in [5.41, 5.74) is 2.49. The molecule has 2 atom stereocenters. The van der Waals surface area contributed by atoms with Crippen molar-refractivity contribution in [2.24, 2.45) is 7.05 Å². The maximum Gasteiger partial charge on any atom is 0.245 e. The van der Waals surface area contributed by atoms with Crippen molar-refractivity contribution in [3.05, 3.63) is 32.2 Å². The van der Waals surface area contributed by atoms with Gasteiger partial charge >= 0.3 is 0 Å². The summed E-state index contributed by atoms with van der Waals surface area (Å²) >= 11 is 14.9. The quantitative estimate of drug-likeness (QED) is 0.200. The highest BCUT2D eigenvalue weighted by molar-refractivity contribution is 9.10. The molecule has 2 saturated carbocycles. The van der Waals surface area contributed by atoms with Crippen LogP contribution in [0.5, 0.6) is 0 Å². The van der Waals surface area contributed by atoms with Crippen LogP contribution in [0.15, 0.2) is 9.21 Å². The number of rotatable bonds is 8. The molecule has 42 heavy (non-hydrogen) atoms. The Morgan fingerprint density at radius 1 is 0.976 bits per heavy atom. The molecule has 3 aliphatic rings. The lowest BCUT2D eigenvalue weighted by atomic mass is 10.2. The zero-order valence-electron chi connectivity index (χ0n) is 26.4. The summed E-state index contributed by atoms with van der Waals surface area (Å²) in [5.74, 6) is 3.86. The van der Waals surface area contributed by atoms with E-state index in [0.29, 0.717) is 12.5 Å². The minimum Gasteiger partial charge on any atom is -0.338 e. The number of hydrogen-bond acceptors (Lipinski definition) is 5. The Hall–Kier alpha value is -0.750. The van der Waals surface area contributed by atoms with Crippen LogP contribution in [0.2, 0.25) is 0 Å². The van der Waals surface area contributed by atoms with Crippen LogP contribution < -0.4 is 0 Å². The molecule has 0 spiro atoms. The number of imidazole rings is 2. The predicted octanol–water partition coefficient (Wildman–Crippen LogP) is 7.95. The van der Waals surface area contributed by atoms with Crippen LogP contribution >= 0.6 is 59.4 Å². The van der Waals surface area contributed by atoms with Gasteiger partial charge < -0.3 is 18.9 Å². The molecule has 1 amide bonds. The summed E-state index contributed by atoms with van der Waals surface area (Å²) in [5, 5.41) is -0.352. The Morgan fingerprint density at radius 3 is 1.86 bits per heavy atom. The van der Waals surface area contributed by atoms with E-state index >= 15 is 0 Å². The number of halogens is 4. The van der Waals surface area contributed by atoms with Gasteiger partial charge in [0, 0.05) is 25.9 Å². The average molecular weight is 800 g/mol. The molecule has 12 heteroatoms. The van der Waals surface area contributed by atoms with Crippen LogP contribution in [0.1, 0.15) is 115 Å². The first-order valence-corrected chi connectivity index (χ1v) is 18.0. The van der Waals surface area contributed by atoms with Gasteiger partial charge in [0.05, 0.1) is 22.8 Å². The molecule has 1 aliphatic heterocycles. The van der Waals surface area contributed by atoms with Crippen molar-refractivity contribution in [3.63, 3.8) is 0 Å². The molecule has 0 saturated heterocycles. The van der Waals surface area contributed by atoms with Crippen molar-refractivity contribution in [1.82, 2.24) is 28.9 Å². The zero-order chi connectivity index (χ0) is 31.7. The number of fused-ring (bicyclic) bond motifs is 1. The van der Waals surface area contributed by atoms with Crippen molar-refractivity contribution in [2.75, 3.05) is 26.7 Å². The second-order valence-corrected chi connectivity index (χ2v) is 14.3.